The third kappa shape index (κ3) is 6.19. The molecular weight excluding hydrogens is 444 g/mol. The van der Waals surface area contributed by atoms with Gasteiger partial charge in [-0.1, -0.05) is 36.4 Å². The van der Waals surface area contributed by atoms with Gasteiger partial charge in [-0.05, 0) is 44.0 Å². The van der Waals surface area contributed by atoms with Gasteiger partial charge in [0, 0.05) is 25.7 Å². The van der Waals surface area contributed by atoms with Crippen LogP contribution in [0.1, 0.15) is 35.3 Å². The first-order chi connectivity index (χ1) is 15.7. The number of rotatable bonds is 8. The molecule has 0 radical (unpaired) electrons. The monoisotopic (exact) mass is 474 g/mol. The zero-order valence-corrected chi connectivity index (χ0v) is 20.0. The number of sulfonamides is 1. The summed E-state index contributed by atoms with van der Waals surface area (Å²) in [6, 6.07) is 13.9. The Morgan fingerprint density at radius 2 is 1.76 bits per heavy atom. The van der Waals surface area contributed by atoms with Crippen LogP contribution in [-0.4, -0.2) is 68.5 Å². The Morgan fingerprint density at radius 3 is 2.39 bits per heavy atom. The normalized spacial score (nSPS) is 14.8. The van der Waals surface area contributed by atoms with Gasteiger partial charge in [-0.25, -0.2) is 13.2 Å². The summed E-state index contributed by atoms with van der Waals surface area (Å²) in [5.41, 5.74) is 1.59. The highest BCUT2D eigenvalue weighted by Crippen LogP contribution is 2.23. The summed E-state index contributed by atoms with van der Waals surface area (Å²) in [6.07, 6.45) is 0. The van der Waals surface area contributed by atoms with Crippen molar-refractivity contribution >= 4 is 21.9 Å². The Kier molecular flexibility index (Phi) is 8.23. The van der Waals surface area contributed by atoms with Gasteiger partial charge in [0.25, 0.3) is 5.91 Å². The highest BCUT2D eigenvalue weighted by Gasteiger charge is 2.29. The second-order valence-corrected chi connectivity index (χ2v) is 10.1. The number of esters is 1. The molecular formula is C24H30N2O6S. The highest BCUT2D eigenvalue weighted by atomic mass is 32.2. The van der Waals surface area contributed by atoms with E-state index in [9.17, 15) is 18.0 Å². The summed E-state index contributed by atoms with van der Waals surface area (Å²) < 4.78 is 37.9. The third-order valence-electron chi connectivity index (χ3n) is 5.48. The van der Waals surface area contributed by atoms with Crippen LogP contribution in [0.2, 0.25) is 0 Å². The van der Waals surface area contributed by atoms with Crippen molar-refractivity contribution in [2.75, 3.05) is 32.9 Å². The number of nitrogens with zero attached hydrogens (tertiary/aromatic N) is 2. The minimum absolute atomic E-state index is 0.0538. The van der Waals surface area contributed by atoms with Crippen LogP contribution in [-0.2, 0) is 30.8 Å². The van der Waals surface area contributed by atoms with Crippen LogP contribution in [0.3, 0.4) is 0 Å². The molecule has 1 saturated heterocycles. The fourth-order valence-electron chi connectivity index (χ4n) is 3.56. The van der Waals surface area contributed by atoms with Gasteiger partial charge >= 0.3 is 5.97 Å². The number of benzene rings is 2. The number of carbonyl (C=O) groups is 2. The Morgan fingerprint density at radius 1 is 1.09 bits per heavy atom. The molecule has 9 heteroatoms. The smallest absolute Gasteiger partial charge is 0.338 e. The van der Waals surface area contributed by atoms with Gasteiger partial charge in [0.05, 0.1) is 23.7 Å². The number of aryl methyl sites for hydroxylation is 1. The van der Waals surface area contributed by atoms with Gasteiger partial charge in [-0.2, -0.15) is 4.31 Å². The largest absolute Gasteiger partial charge is 0.452 e. The molecule has 0 spiro atoms. The summed E-state index contributed by atoms with van der Waals surface area (Å²) >= 11 is 0. The number of ether oxygens (including phenoxy) is 2. The molecule has 1 amide bonds. The third-order valence-corrected chi connectivity index (χ3v) is 7.52. The molecule has 1 heterocycles. The van der Waals surface area contributed by atoms with E-state index < -0.39 is 22.6 Å². The topological polar surface area (TPSA) is 93.2 Å². The Labute approximate surface area is 195 Å². The number of hydrogen-bond acceptors (Lipinski definition) is 6. The first kappa shape index (κ1) is 24.9. The van der Waals surface area contributed by atoms with Gasteiger partial charge in [-0.15, -0.1) is 0 Å². The second kappa shape index (κ2) is 10.9. The summed E-state index contributed by atoms with van der Waals surface area (Å²) in [6.45, 7) is 6.63. The predicted molar refractivity (Wildman–Crippen MR) is 123 cm³/mol. The van der Waals surface area contributed by atoms with Crippen molar-refractivity contribution in [3.8, 4) is 0 Å². The predicted octanol–water partition coefficient (Wildman–Crippen LogP) is 2.61. The Balaban J connectivity index is 1.69. The van der Waals surface area contributed by atoms with Crippen LogP contribution in [0.15, 0.2) is 53.4 Å². The van der Waals surface area contributed by atoms with Gasteiger partial charge in [0.1, 0.15) is 0 Å². The van der Waals surface area contributed by atoms with E-state index in [1.54, 1.807) is 17.9 Å². The summed E-state index contributed by atoms with van der Waals surface area (Å²) in [7, 11) is -3.77. The maximum Gasteiger partial charge on any atom is 0.338 e. The molecule has 33 heavy (non-hydrogen) atoms. The van der Waals surface area contributed by atoms with E-state index >= 15 is 0 Å². The van der Waals surface area contributed by atoms with E-state index in [0.717, 1.165) is 5.56 Å². The summed E-state index contributed by atoms with van der Waals surface area (Å²) in [5, 5.41) is 0. The molecule has 0 aromatic heterocycles. The molecule has 3 rings (SSSR count). The number of hydrogen-bond donors (Lipinski definition) is 0. The van der Waals surface area contributed by atoms with Crippen LogP contribution >= 0.6 is 0 Å². The average Bonchev–Trinajstić information content (AvgIpc) is 2.82. The molecule has 1 aliphatic heterocycles. The molecule has 178 valence electrons. The fourth-order valence-corrected chi connectivity index (χ4v) is 5.22. The molecule has 0 atom stereocenters. The second-order valence-electron chi connectivity index (χ2n) is 8.17. The number of amides is 1. The van der Waals surface area contributed by atoms with Crippen molar-refractivity contribution in [1.29, 1.82) is 0 Å². The van der Waals surface area contributed by atoms with E-state index in [1.807, 2.05) is 44.2 Å². The standard InChI is InChI=1S/C24H30N2O6S/c1-18(2)26(16-20-7-5-4-6-8-20)23(27)17-32-24(28)21-10-9-19(3)22(15-21)33(29,30)25-11-13-31-14-12-25/h4-10,15,18H,11-14,16-17H2,1-3H3. The fraction of sp³-hybridized carbons (Fsp3) is 0.417. The van der Waals surface area contributed by atoms with E-state index in [-0.39, 0.29) is 35.5 Å². The van der Waals surface area contributed by atoms with E-state index in [1.165, 1.54) is 16.4 Å². The molecule has 0 N–H and O–H groups in total. The SMILES string of the molecule is Cc1ccc(C(=O)OCC(=O)N(Cc2ccccc2)C(C)C)cc1S(=O)(=O)N1CCOCC1. The molecule has 2 aromatic carbocycles. The molecule has 1 fully saturated rings. The lowest BCUT2D eigenvalue weighted by molar-refractivity contribution is -0.136. The maximum atomic E-state index is 13.0. The van der Waals surface area contributed by atoms with Crippen LogP contribution in [0.4, 0.5) is 0 Å². The quantitative estimate of drug-likeness (QED) is 0.546. The van der Waals surface area contributed by atoms with Crippen molar-refractivity contribution in [3.63, 3.8) is 0 Å². The van der Waals surface area contributed by atoms with Crippen molar-refractivity contribution in [2.24, 2.45) is 0 Å². The number of carbonyl (C=O) groups excluding carboxylic acids is 2. The highest BCUT2D eigenvalue weighted by molar-refractivity contribution is 7.89. The van der Waals surface area contributed by atoms with Crippen LogP contribution in [0.5, 0.6) is 0 Å². The minimum atomic E-state index is -3.77. The molecule has 8 nitrogen and oxygen atoms in total. The summed E-state index contributed by atoms with van der Waals surface area (Å²) in [4.78, 5) is 27.1. The van der Waals surface area contributed by atoms with Crippen molar-refractivity contribution in [1.82, 2.24) is 9.21 Å². The lowest BCUT2D eigenvalue weighted by atomic mass is 10.1. The van der Waals surface area contributed by atoms with E-state index in [0.29, 0.717) is 25.3 Å². The maximum absolute atomic E-state index is 13.0. The zero-order valence-electron chi connectivity index (χ0n) is 19.2. The molecule has 0 bridgehead atoms. The first-order valence-electron chi connectivity index (χ1n) is 10.9. The van der Waals surface area contributed by atoms with Gasteiger partial charge in [-0.3, -0.25) is 4.79 Å². The lowest BCUT2D eigenvalue weighted by Crippen LogP contribution is -2.41. The Bertz CT molecular complexity index is 1080. The van der Waals surface area contributed by atoms with E-state index in [4.69, 9.17) is 9.47 Å². The van der Waals surface area contributed by atoms with Crippen LogP contribution in [0.25, 0.3) is 0 Å². The lowest BCUT2D eigenvalue weighted by Gasteiger charge is -2.27. The molecule has 0 aliphatic carbocycles. The average molecular weight is 475 g/mol. The molecule has 0 saturated carbocycles. The molecule has 1 aliphatic rings. The first-order valence-corrected chi connectivity index (χ1v) is 12.3. The van der Waals surface area contributed by atoms with Gasteiger partial charge in [0.15, 0.2) is 6.61 Å². The number of morpholine rings is 1. The van der Waals surface area contributed by atoms with Gasteiger partial charge in [0.2, 0.25) is 10.0 Å². The molecule has 2 aromatic rings. The van der Waals surface area contributed by atoms with Gasteiger partial charge < -0.3 is 14.4 Å². The molecule has 0 unspecified atom stereocenters. The van der Waals surface area contributed by atoms with Crippen LogP contribution in [0, 0.1) is 6.92 Å². The minimum Gasteiger partial charge on any atom is -0.452 e. The van der Waals surface area contributed by atoms with Crippen molar-refractivity contribution in [3.05, 3.63) is 65.2 Å². The summed E-state index contributed by atoms with van der Waals surface area (Å²) in [5.74, 6) is -1.07. The Hall–Kier alpha value is -2.75. The van der Waals surface area contributed by atoms with Crippen molar-refractivity contribution in [2.45, 2.75) is 38.3 Å². The van der Waals surface area contributed by atoms with E-state index in [2.05, 4.69) is 0 Å². The van der Waals surface area contributed by atoms with Crippen molar-refractivity contribution < 1.29 is 27.5 Å². The zero-order chi connectivity index (χ0) is 24.0. The van der Waals surface area contributed by atoms with Crippen LogP contribution < -0.4 is 0 Å².